The van der Waals surface area contributed by atoms with Crippen molar-refractivity contribution in [2.24, 2.45) is 0 Å². The van der Waals surface area contributed by atoms with Gasteiger partial charge in [-0.25, -0.2) is 0 Å². The van der Waals surface area contributed by atoms with Gasteiger partial charge in [-0.2, -0.15) is 0 Å². The molecule has 0 saturated heterocycles. The molecule has 0 unspecified atom stereocenters. The maximum atomic E-state index is 6.07. The first-order valence-corrected chi connectivity index (χ1v) is 11.5. The summed E-state index contributed by atoms with van der Waals surface area (Å²) in [6.45, 7) is 4.22. The molecule has 0 spiro atoms. The zero-order valence-electron chi connectivity index (χ0n) is 17.2. The molecule has 0 bridgehead atoms. The molecule has 28 heavy (non-hydrogen) atoms. The highest BCUT2D eigenvalue weighted by atomic mass is 35.5. The molecule has 4 rings (SSSR count). The predicted molar refractivity (Wildman–Crippen MR) is 125 cm³/mol. The van der Waals surface area contributed by atoms with E-state index in [0.717, 1.165) is 16.0 Å². The zero-order valence-corrected chi connectivity index (χ0v) is 18.8. The minimum Gasteiger partial charge on any atom is -0.0843 e. The summed E-state index contributed by atoms with van der Waals surface area (Å²) >= 11 is 12.1. The molecule has 2 aliphatic rings. The van der Waals surface area contributed by atoms with E-state index in [-0.39, 0.29) is 0 Å². The highest BCUT2D eigenvalue weighted by molar-refractivity contribution is 6.31. The molecule has 2 heteroatoms. The van der Waals surface area contributed by atoms with Gasteiger partial charge in [0.1, 0.15) is 0 Å². The quantitative estimate of drug-likeness (QED) is 0.458. The van der Waals surface area contributed by atoms with Gasteiger partial charge in [-0.3, -0.25) is 0 Å². The van der Waals surface area contributed by atoms with Crippen molar-refractivity contribution in [1.82, 2.24) is 0 Å². The van der Waals surface area contributed by atoms with Crippen molar-refractivity contribution < 1.29 is 0 Å². The number of aryl methyl sites for hydroxylation is 2. The van der Waals surface area contributed by atoms with Crippen LogP contribution in [-0.2, 0) is 0 Å². The molecule has 150 valence electrons. The van der Waals surface area contributed by atoms with E-state index in [0.29, 0.717) is 0 Å². The van der Waals surface area contributed by atoms with E-state index in [1.165, 1.54) is 85.6 Å². The Kier molecular flexibility index (Phi) is 8.06. The normalized spacial score (nSPS) is 17.5. The van der Waals surface area contributed by atoms with Crippen LogP contribution in [0.3, 0.4) is 0 Å². The molecular weight excluding hydrogens is 383 g/mol. The van der Waals surface area contributed by atoms with Crippen molar-refractivity contribution in [2.45, 2.75) is 77.6 Å². The van der Waals surface area contributed by atoms with Crippen LogP contribution in [0.15, 0.2) is 42.5 Å². The number of allylic oxidation sites excluding steroid dienone is 2. The molecule has 0 aromatic heterocycles. The molecule has 0 heterocycles. The van der Waals surface area contributed by atoms with Crippen LogP contribution in [0.1, 0.15) is 86.0 Å². The van der Waals surface area contributed by atoms with Crippen LogP contribution in [0.25, 0.3) is 5.57 Å². The second kappa shape index (κ2) is 10.5. The van der Waals surface area contributed by atoms with E-state index in [9.17, 15) is 0 Å². The third-order valence-electron chi connectivity index (χ3n) is 5.84. The Labute approximate surface area is 181 Å². The summed E-state index contributed by atoms with van der Waals surface area (Å²) in [5, 5.41) is 1.75. The highest BCUT2D eigenvalue weighted by Gasteiger charge is 2.15. The number of rotatable bonds is 2. The molecule has 0 aliphatic heterocycles. The number of benzene rings is 2. The standard InChI is InChI=1S/C13H17Cl.C13H15Cl/c2*1-10-7-12(9-13(14)8-10)11-5-3-2-4-6-11/h7-9,11H,2-6H2,1H3;5,7-9H,2-4,6H2,1H3. The summed E-state index contributed by atoms with van der Waals surface area (Å²) in [6, 6.07) is 12.8. The van der Waals surface area contributed by atoms with Gasteiger partial charge < -0.3 is 0 Å². The Morgan fingerprint density at radius 1 is 0.714 bits per heavy atom. The third-order valence-corrected chi connectivity index (χ3v) is 6.28. The van der Waals surface area contributed by atoms with Crippen molar-refractivity contribution >= 4 is 28.8 Å². The summed E-state index contributed by atoms with van der Waals surface area (Å²) in [4.78, 5) is 0. The molecule has 0 N–H and O–H groups in total. The Bertz CT molecular complexity index is 773. The van der Waals surface area contributed by atoms with Gasteiger partial charge in [0.15, 0.2) is 0 Å². The van der Waals surface area contributed by atoms with Crippen LogP contribution in [-0.4, -0.2) is 0 Å². The molecule has 0 atom stereocenters. The zero-order chi connectivity index (χ0) is 19.9. The van der Waals surface area contributed by atoms with Crippen molar-refractivity contribution in [2.75, 3.05) is 0 Å². The Balaban J connectivity index is 0.000000161. The first kappa shape index (κ1) is 21.5. The first-order valence-electron chi connectivity index (χ1n) is 10.7. The minimum atomic E-state index is 0.765. The summed E-state index contributed by atoms with van der Waals surface area (Å²) in [7, 11) is 0. The Morgan fingerprint density at radius 3 is 2.00 bits per heavy atom. The van der Waals surface area contributed by atoms with Gasteiger partial charge in [0.05, 0.1) is 0 Å². The van der Waals surface area contributed by atoms with Gasteiger partial charge in [-0.05, 0) is 110 Å². The summed E-state index contributed by atoms with van der Waals surface area (Å²) in [5.74, 6) is 0.765. The van der Waals surface area contributed by atoms with Gasteiger partial charge in [-0.15, -0.1) is 0 Å². The average Bonchev–Trinajstić information content (AvgIpc) is 2.68. The largest absolute Gasteiger partial charge is 0.0843 e. The van der Waals surface area contributed by atoms with E-state index in [1.54, 1.807) is 0 Å². The fourth-order valence-electron chi connectivity index (χ4n) is 4.46. The van der Waals surface area contributed by atoms with Crippen molar-refractivity contribution in [3.8, 4) is 0 Å². The second-order valence-corrected chi connectivity index (χ2v) is 9.26. The number of halogens is 2. The molecule has 0 amide bonds. The first-order chi connectivity index (χ1) is 13.5. The van der Waals surface area contributed by atoms with Gasteiger partial charge in [0, 0.05) is 10.0 Å². The van der Waals surface area contributed by atoms with E-state index in [2.05, 4.69) is 44.2 Å². The summed E-state index contributed by atoms with van der Waals surface area (Å²) in [6.07, 6.45) is 14.3. The highest BCUT2D eigenvalue weighted by Crippen LogP contribution is 2.34. The molecule has 1 saturated carbocycles. The lowest BCUT2D eigenvalue weighted by molar-refractivity contribution is 0.443. The van der Waals surface area contributed by atoms with Gasteiger partial charge in [0.2, 0.25) is 0 Å². The predicted octanol–water partition coefficient (Wildman–Crippen LogP) is 9.30. The smallest absolute Gasteiger partial charge is 0.0414 e. The van der Waals surface area contributed by atoms with Crippen LogP contribution in [0, 0.1) is 13.8 Å². The maximum Gasteiger partial charge on any atom is 0.0414 e. The van der Waals surface area contributed by atoms with Gasteiger partial charge in [-0.1, -0.05) is 60.7 Å². The maximum absolute atomic E-state index is 6.07. The van der Waals surface area contributed by atoms with Crippen LogP contribution >= 0.6 is 23.2 Å². The second-order valence-electron chi connectivity index (χ2n) is 8.39. The fraction of sp³-hybridized carbons (Fsp3) is 0.462. The molecule has 0 radical (unpaired) electrons. The molecule has 2 aromatic carbocycles. The van der Waals surface area contributed by atoms with Crippen molar-refractivity contribution in [3.05, 3.63) is 74.8 Å². The van der Waals surface area contributed by atoms with Crippen LogP contribution < -0.4 is 0 Å². The molecule has 2 aliphatic carbocycles. The summed E-state index contributed by atoms with van der Waals surface area (Å²) in [5.41, 5.74) is 6.78. The van der Waals surface area contributed by atoms with E-state index >= 15 is 0 Å². The fourth-order valence-corrected chi connectivity index (χ4v) is 5.05. The van der Waals surface area contributed by atoms with Crippen LogP contribution in [0.4, 0.5) is 0 Å². The third kappa shape index (κ3) is 6.39. The Morgan fingerprint density at radius 2 is 1.39 bits per heavy atom. The molecule has 2 aromatic rings. The van der Waals surface area contributed by atoms with Gasteiger partial charge >= 0.3 is 0 Å². The summed E-state index contributed by atoms with van der Waals surface area (Å²) < 4.78 is 0. The molecular formula is C26H32Cl2. The van der Waals surface area contributed by atoms with Crippen molar-refractivity contribution in [3.63, 3.8) is 0 Å². The lowest BCUT2D eigenvalue weighted by Gasteiger charge is -2.22. The SMILES string of the molecule is Cc1cc(Cl)cc(C2=CCCCC2)c1.Cc1cc(Cl)cc(C2CCCCC2)c1. The average molecular weight is 415 g/mol. The van der Waals surface area contributed by atoms with E-state index in [1.807, 2.05) is 12.1 Å². The Hall–Kier alpha value is -1.24. The van der Waals surface area contributed by atoms with Crippen molar-refractivity contribution in [1.29, 1.82) is 0 Å². The molecule has 1 fully saturated rings. The minimum absolute atomic E-state index is 0.765. The number of hydrogen-bond donors (Lipinski definition) is 0. The lowest BCUT2D eigenvalue weighted by Crippen LogP contribution is -2.04. The van der Waals surface area contributed by atoms with E-state index in [4.69, 9.17) is 23.2 Å². The lowest BCUT2D eigenvalue weighted by atomic mass is 9.84. The van der Waals surface area contributed by atoms with Gasteiger partial charge in [0.25, 0.3) is 0 Å². The monoisotopic (exact) mass is 414 g/mol. The van der Waals surface area contributed by atoms with Crippen LogP contribution in [0.2, 0.25) is 10.0 Å². The number of hydrogen-bond acceptors (Lipinski definition) is 0. The molecule has 0 nitrogen and oxygen atoms in total. The van der Waals surface area contributed by atoms with Crippen LogP contribution in [0.5, 0.6) is 0 Å². The van der Waals surface area contributed by atoms with E-state index < -0.39 is 0 Å². The topological polar surface area (TPSA) is 0 Å².